The molecule has 0 radical (unpaired) electrons. The van der Waals surface area contributed by atoms with E-state index in [1.807, 2.05) is 103 Å². The number of hydrogen-bond acceptors (Lipinski definition) is 4. The molecule has 0 aliphatic rings. The van der Waals surface area contributed by atoms with Crippen molar-refractivity contribution in [3.8, 4) is 28.3 Å². The Morgan fingerprint density at radius 3 is 1.91 bits per heavy atom. The van der Waals surface area contributed by atoms with Crippen LogP contribution >= 0.6 is 0 Å². The average molecular weight is 431 g/mol. The Bertz CT molecular complexity index is 1270. The summed E-state index contributed by atoms with van der Waals surface area (Å²) in [6.45, 7) is 0.526. The van der Waals surface area contributed by atoms with Gasteiger partial charge in [-0.15, -0.1) is 10.2 Å². The molecule has 33 heavy (non-hydrogen) atoms. The summed E-state index contributed by atoms with van der Waals surface area (Å²) in [6.07, 6.45) is 0. The first-order valence-corrected chi connectivity index (χ1v) is 10.7. The van der Waals surface area contributed by atoms with E-state index in [-0.39, 0.29) is 0 Å². The zero-order valence-corrected chi connectivity index (χ0v) is 17.9. The second-order valence-corrected chi connectivity index (χ2v) is 7.48. The maximum absolute atomic E-state index is 5.84. The molecule has 0 saturated carbocycles. The number of nitrogens with zero attached hydrogens (tertiary/aromatic N) is 3. The smallest absolute Gasteiger partial charge is 0.247 e. The summed E-state index contributed by atoms with van der Waals surface area (Å²) in [4.78, 5) is 8.03. The quantitative estimate of drug-likeness (QED) is 0.268. The Hall–Kier alpha value is -4.51. The first-order chi connectivity index (χ1) is 16.3. The molecular formula is C28H22N4O. The Morgan fingerprint density at radius 2 is 1.24 bits per heavy atom. The van der Waals surface area contributed by atoms with Gasteiger partial charge in [0, 0.05) is 11.1 Å². The number of ether oxygens (including phenoxy) is 1. The fourth-order valence-electron chi connectivity index (χ4n) is 3.48. The number of hydrogen-bond donors (Lipinski definition) is 1. The highest BCUT2D eigenvalue weighted by Crippen LogP contribution is 2.32. The highest BCUT2D eigenvalue weighted by Gasteiger charge is 2.13. The lowest BCUT2D eigenvalue weighted by Crippen LogP contribution is -1.94. The van der Waals surface area contributed by atoms with Gasteiger partial charge < -0.3 is 9.72 Å². The highest BCUT2D eigenvalue weighted by atomic mass is 16.5. The normalized spacial score (nSPS) is 11.0. The lowest BCUT2D eigenvalue weighted by Gasteiger charge is -2.05. The second-order valence-electron chi connectivity index (χ2n) is 7.48. The molecule has 1 N–H and O–H groups in total. The number of azo groups is 1. The lowest BCUT2D eigenvalue weighted by molar-refractivity contribution is 0.306. The van der Waals surface area contributed by atoms with Gasteiger partial charge in [0.1, 0.15) is 12.4 Å². The second kappa shape index (κ2) is 9.75. The summed E-state index contributed by atoms with van der Waals surface area (Å²) < 4.78 is 5.84. The van der Waals surface area contributed by atoms with Gasteiger partial charge in [-0.3, -0.25) is 0 Å². The van der Waals surface area contributed by atoms with Crippen LogP contribution in [0.25, 0.3) is 22.5 Å². The van der Waals surface area contributed by atoms with Crippen LogP contribution in [-0.4, -0.2) is 9.97 Å². The summed E-state index contributed by atoms with van der Waals surface area (Å²) in [7, 11) is 0. The van der Waals surface area contributed by atoms with E-state index in [0.29, 0.717) is 12.6 Å². The van der Waals surface area contributed by atoms with Crippen LogP contribution in [-0.2, 0) is 6.61 Å². The molecule has 1 heterocycles. The molecule has 0 atom stereocenters. The number of imidazole rings is 1. The number of nitrogens with one attached hydrogen (secondary N) is 1. The molecule has 0 aliphatic heterocycles. The molecule has 0 bridgehead atoms. The van der Waals surface area contributed by atoms with Gasteiger partial charge in [0.15, 0.2) is 0 Å². The van der Waals surface area contributed by atoms with Crippen molar-refractivity contribution in [3.05, 3.63) is 121 Å². The third kappa shape index (κ3) is 5.05. The Morgan fingerprint density at radius 1 is 0.636 bits per heavy atom. The topological polar surface area (TPSA) is 62.6 Å². The molecule has 0 saturated heterocycles. The van der Waals surface area contributed by atoms with Crippen molar-refractivity contribution in [2.24, 2.45) is 10.2 Å². The molecule has 0 spiro atoms. The summed E-state index contributed by atoms with van der Waals surface area (Å²) >= 11 is 0. The van der Waals surface area contributed by atoms with Crippen LogP contribution in [0.1, 0.15) is 5.56 Å². The molecule has 5 rings (SSSR count). The van der Waals surface area contributed by atoms with Gasteiger partial charge in [-0.1, -0.05) is 91.0 Å². The molecule has 5 heteroatoms. The Kier molecular flexibility index (Phi) is 6.02. The van der Waals surface area contributed by atoms with E-state index in [1.165, 1.54) is 0 Å². The summed E-state index contributed by atoms with van der Waals surface area (Å²) in [5.74, 6) is 1.24. The third-order valence-corrected chi connectivity index (χ3v) is 5.15. The Balaban J connectivity index is 1.34. The largest absolute Gasteiger partial charge is 0.489 e. The number of benzene rings is 4. The van der Waals surface area contributed by atoms with Gasteiger partial charge in [0.2, 0.25) is 5.95 Å². The van der Waals surface area contributed by atoms with Gasteiger partial charge in [0.25, 0.3) is 0 Å². The maximum atomic E-state index is 5.84. The van der Waals surface area contributed by atoms with Crippen molar-refractivity contribution in [2.75, 3.05) is 0 Å². The predicted octanol–water partition coefficient (Wildman–Crippen LogP) is 7.74. The van der Waals surface area contributed by atoms with Crippen molar-refractivity contribution in [1.82, 2.24) is 9.97 Å². The summed E-state index contributed by atoms with van der Waals surface area (Å²) in [6, 6.07) is 37.8. The summed E-state index contributed by atoms with van der Waals surface area (Å²) in [5, 5.41) is 8.70. The van der Waals surface area contributed by atoms with E-state index in [2.05, 4.69) is 27.3 Å². The third-order valence-electron chi connectivity index (χ3n) is 5.15. The van der Waals surface area contributed by atoms with Crippen LogP contribution in [0.3, 0.4) is 0 Å². The Labute approximate surface area is 192 Å². The van der Waals surface area contributed by atoms with Gasteiger partial charge in [-0.2, -0.15) is 0 Å². The number of H-pyrrole nitrogens is 1. The molecule has 0 aliphatic carbocycles. The van der Waals surface area contributed by atoms with Crippen LogP contribution in [0.5, 0.6) is 5.75 Å². The van der Waals surface area contributed by atoms with Crippen LogP contribution < -0.4 is 4.74 Å². The molecular weight excluding hydrogens is 408 g/mol. The molecule has 0 amide bonds. The van der Waals surface area contributed by atoms with Gasteiger partial charge in [0.05, 0.1) is 17.1 Å². The molecule has 0 fully saturated rings. The fraction of sp³-hybridized carbons (Fsp3) is 0.0357. The zero-order valence-electron chi connectivity index (χ0n) is 17.9. The SMILES string of the molecule is c1ccc(COc2ccc(N=Nc3nc(-c4ccccc4)c(-c4ccccc4)[nH]3)cc2)cc1. The summed E-state index contributed by atoms with van der Waals surface area (Å²) in [5.41, 5.74) is 5.68. The van der Waals surface area contributed by atoms with E-state index >= 15 is 0 Å². The average Bonchev–Trinajstić information content (AvgIpc) is 3.33. The first-order valence-electron chi connectivity index (χ1n) is 10.7. The molecule has 0 unspecified atom stereocenters. The van der Waals surface area contributed by atoms with Crippen molar-refractivity contribution >= 4 is 11.6 Å². The minimum atomic E-state index is 0.456. The minimum Gasteiger partial charge on any atom is -0.489 e. The van der Waals surface area contributed by atoms with Crippen LogP contribution in [0.15, 0.2) is 125 Å². The number of rotatable bonds is 7. The lowest BCUT2D eigenvalue weighted by atomic mass is 10.1. The number of aromatic amines is 1. The van der Waals surface area contributed by atoms with Gasteiger partial charge in [-0.25, -0.2) is 4.98 Å². The minimum absolute atomic E-state index is 0.456. The zero-order chi connectivity index (χ0) is 22.3. The standard InChI is InChI=1S/C28H22N4O/c1-4-10-21(11-5-1)20-33-25-18-16-24(17-19-25)31-32-28-29-26(22-12-6-2-7-13-22)27(30-28)23-14-8-3-9-15-23/h1-19H,20H2,(H,29,30). The maximum Gasteiger partial charge on any atom is 0.247 e. The van der Waals surface area contributed by atoms with Gasteiger partial charge in [-0.05, 0) is 29.8 Å². The van der Waals surface area contributed by atoms with E-state index in [1.54, 1.807) is 0 Å². The predicted molar refractivity (Wildman–Crippen MR) is 131 cm³/mol. The van der Waals surface area contributed by atoms with Crippen LogP contribution in [0.2, 0.25) is 0 Å². The monoisotopic (exact) mass is 430 g/mol. The van der Waals surface area contributed by atoms with Crippen molar-refractivity contribution in [3.63, 3.8) is 0 Å². The van der Waals surface area contributed by atoms with Crippen molar-refractivity contribution in [1.29, 1.82) is 0 Å². The van der Waals surface area contributed by atoms with E-state index in [4.69, 9.17) is 9.72 Å². The van der Waals surface area contributed by atoms with Gasteiger partial charge >= 0.3 is 0 Å². The van der Waals surface area contributed by atoms with Crippen LogP contribution in [0, 0.1) is 0 Å². The molecule has 4 aromatic carbocycles. The van der Waals surface area contributed by atoms with Crippen molar-refractivity contribution in [2.45, 2.75) is 6.61 Å². The van der Waals surface area contributed by atoms with E-state index in [9.17, 15) is 0 Å². The van der Waals surface area contributed by atoms with Crippen molar-refractivity contribution < 1.29 is 4.74 Å². The highest BCUT2D eigenvalue weighted by molar-refractivity contribution is 5.79. The number of aromatic nitrogens is 2. The molecule has 5 aromatic rings. The van der Waals surface area contributed by atoms with E-state index < -0.39 is 0 Å². The van der Waals surface area contributed by atoms with E-state index in [0.717, 1.165) is 39.5 Å². The molecule has 1 aromatic heterocycles. The van der Waals surface area contributed by atoms with Crippen LogP contribution in [0.4, 0.5) is 11.6 Å². The fourth-order valence-corrected chi connectivity index (χ4v) is 3.48. The molecule has 5 nitrogen and oxygen atoms in total. The molecule has 160 valence electrons. The first kappa shape index (κ1) is 20.4.